The lowest BCUT2D eigenvalue weighted by molar-refractivity contribution is -0.117. The summed E-state index contributed by atoms with van der Waals surface area (Å²) in [6.07, 6.45) is 0.0469. The Morgan fingerprint density at radius 3 is 2.67 bits per heavy atom. The number of thiol groups is 1. The number of halogens is 1. The summed E-state index contributed by atoms with van der Waals surface area (Å²) >= 11 is 4.24. The Hall–Kier alpha value is -1.08. The van der Waals surface area contributed by atoms with Crippen LogP contribution >= 0.6 is 12.6 Å². The second-order valence-electron chi connectivity index (χ2n) is 4.27. The van der Waals surface area contributed by atoms with Crippen molar-refractivity contribution in [3.8, 4) is 0 Å². The van der Waals surface area contributed by atoms with E-state index in [4.69, 9.17) is 0 Å². The van der Waals surface area contributed by atoms with Crippen LogP contribution in [0.2, 0.25) is 0 Å². The summed E-state index contributed by atoms with van der Waals surface area (Å²) in [4.78, 5) is 13.9. The van der Waals surface area contributed by atoms with Crippen molar-refractivity contribution < 1.29 is 17.1 Å². The molecule has 0 radical (unpaired) electrons. The Bertz CT molecular complexity index is 573. The number of carbonyl (C=O) groups is 1. The Morgan fingerprint density at radius 2 is 2.06 bits per heavy atom. The highest BCUT2D eigenvalue weighted by Gasteiger charge is 2.34. The van der Waals surface area contributed by atoms with Crippen molar-refractivity contribution in [2.45, 2.75) is 11.3 Å². The molecule has 0 spiro atoms. The van der Waals surface area contributed by atoms with Gasteiger partial charge in [-0.1, -0.05) is 12.1 Å². The van der Waals surface area contributed by atoms with Gasteiger partial charge in [0.05, 0.1) is 11.4 Å². The SMILES string of the molecule is O=C1CC(CS(=O)(=O)F)CN1c1ccccc1S. The number of carbonyl (C=O) groups excluding carboxylic acids is 1. The fourth-order valence-electron chi connectivity index (χ4n) is 2.10. The van der Waals surface area contributed by atoms with Crippen molar-refractivity contribution in [2.24, 2.45) is 5.92 Å². The molecule has 1 aromatic carbocycles. The lowest BCUT2D eigenvalue weighted by Crippen LogP contribution is -2.25. The normalized spacial score (nSPS) is 20.4. The number of rotatable bonds is 3. The van der Waals surface area contributed by atoms with Gasteiger partial charge in [-0.15, -0.1) is 16.5 Å². The Balaban J connectivity index is 2.18. The van der Waals surface area contributed by atoms with Gasteiger partial charge in [-0.3, -0.25) is 4.79 Å². The number of benzene rings is 1. The highest BCUT2D eigenvalue weighted by Crippen LogP contribution is 2.30. The Labute approximate surface area is 110 Å². The molecule has 1 heterocycles. The minimum absolute atomic E-state index is 0.0469. The fraction of sp³-hybridized carbons (Fsp3) is 0.364. The summed E-state index contributed by atoms with van der Waals surface area (Å²) in [5, 5.41) is 0. The average molecular weight is 289 g/mol. The minimum Gasteiger partial charge on any atom is -0.311 e. The van der Waals surface area contributed by atoms with Crippen LogP contribution in [0.25, 0.3) is 0 Å². The highest BCUT2D eigenvalue weighted by atomic mass is 32.3. The first kappa shape index (κ1) is 13.4. The van der Waals surface area contributed by atoms with Gasteiger partial charge in [0.25, 0.3) is 0 Å². The van der Waals surface area contributed by atoms with Gasteiger partial charge in [0.15, 0.2) is 0 Å². The van der Waals surface area contributed by atoms with E-state index in [2.05, 4.69) is 12.6 Å². The van der Waals surface area contributed by atoms with E-state index in [-0.39, 0.29) is 18.9 Å². The topological polar surface area (TPSA) is 54.5 Å². The van der Waals surface area contributed by atoms with Gasteiger partial charge in [-0.2, -0.15) is 8.42 Å². The smallest absolute Gasteiger partial charge is 0.302 e. The molecule has 7 heteroatoms. The summed E-state index contributed by atoms with van der Waals surface area (Å²) in [7, 11) is -4.54. The van der Waals surface area contributed by atoms with E-state index in [0.717, 1.165) is 0 Å². The Morgan fingerprint density at radius 1 is 1.39 bits per heavy atom. The van der Waals surface area contributed by atoms with Gasteiger partial charge in [-0.25, -0.2) is 0 Å². The maximum Gasteiger partial charge on any atom is 0.302 e. The number of anilines is 1. The highest BCUT2D eigenvalue weighted by molar-refractivity contribution is 7.86. The Kier molecular flexibility index (Phi) is 3.63. The molecule has 0 N–H and O–H groups in total. The summed E-state index contributed by atoms with van der Waals surface area (Å²) in [5.74, 6) is -1.31. The molecule has 0 saturated carbocycles. The molecule has 0 bridgehead atoms. The number of nitrogens with zero attached hydrogens (tertiary/aromatic N) is 1. The first-order valence-corrected chi connectivity index (χ1v) is 7.37. The van der Waals surface area contributed by atoms with Crippen molar-refractivity contribution in [3.05, 3.63) is 24.3 Å². The first-order chi connectivity index (χ1) is 8.37. The van der Waals surface area contributed by atoms with Crippen molar-refractivity contribution in [2.75, 3.05) is 17.2 Å². The van der Waals surface area contributed by atoms with Crippen molar-refractivity contribution in [1.29, 1.82) is 0 Å². The zero-order valence-corrected chi connectivity index (χ0v) is 11.1. The molecule has 1 aliphatic rings. The van der Waals surface area contributed by atoms with E-state index in [1.807, 2.05) is 0 Å². The van der Waals surface area contributed by atoms with Crippen molar-refractivity contribution in [1.82, 2.24) is 0 Å². The second-order valence-corrected chi connectivity index (χ2v) is 6.16. The molecule has 1 aliphatic heterocycles. The summed E-state index contributed by atoms with van der Waals surface area (Å²) in [6.45, 7) is 0.208. The van der Waals surface area contributed by atoms with Crippen molar-refractivity contribution >= 4 is 34.4 Å². The van der Waals surface area contributed by atoms with Crippen LogP contribution in [0.4, 0.5) is 9.57 Å². The van der Waals surface area contributed by atoms with Gasteiger partial charge in [0.2, 0.25) is 5.91 Å². The maximum atomic E-state index is 12.6. The van der Waals surface area contributed by atoms with E-state index in [9.17, 15) is 17.1 Å². The van der Waals surface area contributed by atoms with E-state index in [1.54, 1.807) is 24.3 Å². The average Bonchev–Trinajstić information content (AvgIpc) is 2.57. The molecule has 1 aromatic rings. The largest absolute Gasteiger partial charge is 0.311 e. The predicted molar refractivity (Wildman–Crippen MR) is 69.0 cm³/mol. The third kappa shape index (κ3) is 3.02. The molecule has 0 aromatic heterocycles. The van der Waals surface area contributed by atoms with E-state index in [1.165, 1.54) is 4.90 Å². The van der Waals surface area contributed by atoms with Gasteiger partial charge in [-0.05, 0) is 12.1 Å². The van der Waals surface area contributed by atoms with E-state index >= 15 is 0 Å². The van der Waals surface area contributed by atoms with Crippen LogP contribution in [0.1, 0.15) is 6.42 Å². The molecule has 2 rings (SSSR count). The molecule has 1 fully saturated rings. The molecule has 0 aliphatic carbocycles. The molecule has 4 nitrogen and oxygen atoms in total. The third-order valence-electron chi connectivity index (χ3n) is 2.81. The molecule has 1 saturated heterocycles. The molecular formula is C11H12FNO3S2. The molecule has 98 valence electrons. The molecule has 1 amide bonds. The summed E-state index contributed by atoms with van der Waals surface area (Å²) in [5.41, 5.74) is 0.629. The second kappa shape index (κ2) is 4.89. The molecule has 1 unspecified atom stereocenters. The summed E-state index contributed by atoms with van der Waals surface area (Å²) in [6, 6.07) is 7.02. The van der Waals surface area contributed by atoms with Crippen LogP contribution in [0, 0.1) is 5.92 Å². The maximum absolute atomic E-state index is 12.6. The number of hydrogen-bond acceptors (Lipinski definition) is 4. The number of amides is 1. The molecule has 1 atom stereocenters. The van der Waals surface area contributed by atoms with E-state index < -0.39 is 21.9 Å². The van der Waals surface area contributed by atoms with Crippen LogP contribution in [0.3, 0.4) is 0 Å². The molecule has 18 heavy (non-hydrogen) atoms. The van der Waals surface area contributed by atoms with Gasteiger partial charge in [0.1, 0.15) is 0 Å². The lowest BCUT2D eigenvalue weighted by atomic mass is 10.1. The lowest BCUT2D eigenvalue weighted by Gasteiger charge is -2.18. The van der Waals surface area contributed by atoms with Gasteiger partial charge >= 0.3 is 10.2 Å². The predicted octanol–water partition coefficient (Wildman–Crippen LogP) is 1.63. The quantitative estimate of drug-likeness (QED) is 0.679. The fourth-order valence-corrected chi connectivity index (χ4v) is 3.17. The zero-order chi connectivity index (χ0) is 13.3. The van der Waals surface area contributed by atoms with Crippen LogP contribution in [-0.2, 0) is 15.0 Å². The van der Waals surface area contributed by atoms with Crippen LogP contribution in [0.5, 0.6) is 0 Å². The van der Waals surface area contributed by atoms with Crippen LogP contribution in [0.15, 0.2) is 29.2 Å². The standard InChI is InChI=1S/C11H12FNO3S2/c12-18(15,16)7-8-5-11(14)13(6-8)9-3-1-2-4-10(9)17/h1-4,8,17H,5-7H2. The number of hydrogen-bond donors (Lipinski definition) is 1. The zero-order valence-electron chi connectivity index (χ0n) is 9.41. The summed E-state index contributed by atoms with van der Waals surface area (Å²) < 4.78 is 33.8. The molecular weight excluding hydrogens is 277 g/mol. The monoisotopic (exact) mass is 289 g/mol. The number of para-hydroxylation sites is 1. The van der Waals surface area contributed by atoms with E-state index in [0.29, 0.717) is 10.6 Å². The third-order valence-corrected chi connectivity index (χ3v) is 4.06. The first-order valence-electron chi connectivity index (χ1n) is 5.37. The van der Waals surface area contributed by atoms with Gasteiger partial charge in [0, 0.05) is 23.8 Å². The van der Waals surface area contributed by atoms with Crippen molar-refractivity contribution in [3.63, 3.8) is 0 Å². The van der Waals surface area contributed by atoms with Crippen LogP contribution in [-0.4, -0.2) is 26.6 Å². The van der Waals surface area contributed by atoms with Gasteiger partial charge < -0.3 is 4.90 Å². The van der Waals surface area contributed by atoms with Crippen LogP contribution < -0.4 is 4.90 Å². The minimum atomic E-state index is -4.54.